The van der Waals surface area contributed by atoms with Gasteiger partial charge in [0.05, 0.1) is 11.5 Å². The molecule has 0 saturated carbocycles. The zero-order valence-corrected chi connectivity index (χ0v) is 11.1. The number of aryl methyl sites for hydroxylation is 1. The molecule has 0 aliphatic carbocycles. The first kappa shape index (κ1) is 12.0. The van der Waals surface area contributed by atoms with Crippen molar-refractivity contribution in [1.82, 2.24) is 20.4 Å². The Morgan fingerprint density at radius 2 is 1.76 bits per heavy atom. The fraction of sp³-hybridized carbons (Fsp3) is 0.143. The first-order chi connectivity index (χ1) is 10.1. The number of benzene rings is 1. The largest absolute Gasteiger partial charge is 0.417 e. The van der Waals surface area contributed by atoms with Crippen LogP contribution in [0, 0.1) is 12.7 Å². The highest BCUT2D eigenvalue weighted by atomic mass is 19.1. The van der Waals surface area contributed by atoms with Crippen molar-refractivity contribution < 1.29 is 9.13 Å². The topological polar surface area (TPSA) is 92.6 Å². The first-order valence-electron chi connectivity index (χ1n) is 6.47. The Labute approximate surface area is 119 Å². The maximum absolute atomic E-state index is 13.2. The number of fused-ring (bicyclic) bond motifs is 2. The Kier molecular flexibility index (Phi) is 2.32. The molecule has 0 spiro atoms. The van der Waals surface area contributed by atoms with Crippen LogP contribution in [0.15, 0.2) is 24.3 Å². The standard InChI is InChI=1S/C14H12FN5O/c1-6-9-10(7-2-4-8(15)5-3-7)11-12(16)18-20-14(11)21-13(9)19-17-6/h2-5,10H,1H3,(H,17,19)(H3,16,18,20). The number of aromatic amines is 2. The van der Waals surface area contributed by atoms with E-state index in [1.807, 2.05) is 6.92 Å². The number of rotatable bonds is 1. The highest BCUT2D eigenvalue weighted by Crippen LogP contribution is 2.48. The molecule has 4 N–H and O–H groups in total. The van der Waals surface area contributed by atoms with Crippen LogP contribution in [0.2, 0.25) is 0 Å². The lowest BCUT2D eigenvalue weighted by Crippen LogP contribution is -2.12. The molecule has 6 nitrogen and oxygen atoms in total. The van der Waals surface area contributed by atoms with Crippen LogP contribution in [0.3, 0.4) is 0 Å². The number of H-pyrrole nitrogens is 2. The van der Waals surface area contributed by atoms with Crippen LogP contribution < -0.4 is 10.5 Å². The number of nitrogen functional groups attached to an aromatic ring is 1. The van der Waals surface area contributed by atoms with Gasteiger partial charge in [0.15, 0.2) is 0 Å². The summed E-state index contributed by atoms with van der Waals surface area (Å²) < 4.78 is 18.9. The second kappa shape index (κ2) is 4.08. The molecule has 7 heteroatoms. The van der Waals surface area contributed by atoms with Gasteiger partial charge in [-0.05, 0) is 24.6 Å². The van der Waals surface area contributed by atoms with Crippen molar-refractivity contribution in [2.75, 3.05) is 5.73 Å². The highest BCUT2D eigenvalue weighted by Gasteiger charge is 2.36. The number of aromatic nitrogens is 4. The highest BCUT2D eigenvalue weighted by molar-refractivity contribution is 5.62. The fourth-order valence-corrected chi connectivity index (χ4v) is 2.76. The van der Waals surface area contributed by atoms with Crippen molar-refractivity contribution in [2.45, 2.75) is 12.8 Å². The molecule has 0 bridgehead atoms. The van der Waals surface area contributed by atoms with E-state index >= 15 is 0 Å². The molecular formula is C14H12FN5O. The number of ether oxygens (including phenoxy) is 1. The summed E-state index contributed by atoms with van der Waals surface area (Å²) in [5, 5.41) is 13.8. The second-order valence-corrected chi connectivity index (χ2v) is 5.01. The number of nitrogens with zero attached hydrogens (tertiary/aromatic N) is 2. The number of halogens is 1. The molecule has 0 radical (unpaired) electrons. The SMILES string of the molecule is Cc1[nH]nc2c1C(c1ccc(F)cc1)c1c(n[nH]c1N)O2. The van der Waals surface area contributed by atoms with Gasteiger partial charge in [-0.3, -0.25) is 10.2 Å². The number of nitrogens with one attached hydrogen (secondary N) is 2. The van der Waals surface area contributed by atoms with Crippen LogP contribution in [0.1, 0.15) is 28.3 Å². The van der Waals surface area contributed by atoms with Gasteiger partial charge in [0.1, 0.15) is 11.6 Å². The monoisotopic (exact) mass is 285 g/mol. The van der Waals surface area contributed by atoms with E-state index in [0.717, 1.165) is 22.4 Å². The fourth-order valence-electron chi connectivity index (χ4n) is 2.76. The Bertz CT molecular complexity index is 774. The molecule has 2 aromatic heterocycles. The number of nitrogens with two attached hydrogens (primary N) is 1. The molecule has 1 atom stereocenters. The van der Waals surface area contributed by atoms with Gasteiger partial charge in [0, 0.05) is 11.3 Å². The van der Waals surface area contributed by atoms with E-state index < -0.39 is 0 Å². The summed E-state index contributed by atoms with van der Waals surface area (Å²) in [5.41, 5.74) is 9.41. The second-order valence-electron chi connectivity index (χ2n) is 5.01. The van der Waals surface area contributed by atoms with Crippen molar-refractivity contribution >= 4 is 5.82 Å². The van der Waals surface area contributed by atoms with Gasteiger partial charge in [-0.2, -0.15) is 0 Å². The Morgan fingerprint density at radius 1 is 1.10 bits per heavy atom. The average molecular weight is 285 g/mol. The van der Waals surface area contributed by atoms with Gasteiger partial charge in [-0.1, -0.05) is 12.1 Å². The molecule has 1 aromatic carbocycles. The maximum atomic E-state index is 13.2. The minimum atomic E-state index is -0.282. The van der Waals surface area contributed by atoms with Gasteiger partial charge in [0.2, 0.25) is 11.8 Å². The van der Waals surface area contributed by atoms with E-state index in [-0.39, 0.29) is 11.7 Å². The van der Waals surface area contributed by atoms with E-state index in [2.05, 4.69) is 20.4 Å². The van der Waals surface area contributed by atoms with Crippen LogP contribution in [0.25, 0.3) is 0 Å². The summed E-state index contributed by atoms with van der Waals surface area (Å²) >= 11 is 0. The van der Waals surface area contributed by atoms with Crippen LogP contribution in [0.5, 0.6) is 11.8 Å². The van der Waals surface area contributed by atoms with Crippen molar-refractivity contribution in [1.29, 1.82) is 0 Å². The smallest absolute Gasteiger partial charge is 0.246 e. The summed E-state index contributed by atoms with van der Waals surface area (Å²) in [4.78, 5) is 0. The van der Waals surface area contributed by atoms with Gasteiger partial charge < -0.3 is 10.5 Å². The third-order valence-electron chi connectivity index (χ3n) is 3.73. The predicted octanol–water partition coefficient (Wildman–Crippen LogP) is 2.45. The van der Waals surface area contributed by atoms with Crippen molar-refractivity contribution in [3.63, 3.8) is 0 Å². The van der Waals surface area contributed by atoms with E-state index in [9.17, 15) is 4.39 Å². The summed E-state index contributed by atoms with van der Waals surface area (Å²) in [6.07, 6.45) is 0. The molecule has 3 heterocycles. The summed E-state index contributed by atoms with van der Waals surface area (Å²) in [6, 6.07) is 6.32. The van der Waals surface area contributed by atoms with Gasteiger partial charge in [0.25, 0.3) is 0 Å². The molecular weight excluding hydrogens is 273 g/mol. The summed E-state index contributed by atoms with van der Waals surface area (Å²) in [6.45, 7) is 1.91. The van der Waals surface area contributed by atoms with Crippen LogP contribution in [-0.2, 0) is 0 Å². The molecule has 3 aromatic rings. The van der Waals surface area contributed by atoms with E-state index in [1.165, 1.54) is 12.1 Å². The zero-order valence-electron chi connectivity index (χ0n) is 11.1. The molecule has 21 heavy (non-hydrogen) atoms. The Hall–Kier alpha value is -2.83. The normalized spacial score (nSPS) is 16.2. The Morgan fingerprint density at radius 3 is 2.52 bits per heavy atom. The minimum Gasteiger partial charge on any atom is -0.417 e. The number of hydrogen-bond donors (Lipinski definition) is 3. The molecule has 1 aliphatic rings. The van der Waals surface area contributed by atoms with E-state index in [4.69, 9.17) is 10.5 Å². The van der Waals surface area contributed by atoms with Gasteiger partial charge in [-0.15, -0.1) is 10.2 Å². The molecule has 4 rings (SSSR count). The lowest BCUT2D eigenvalue weighted by atomic mass is 9.85. The Balaban J connectivity index is 1.98. The molecule has 106 valence electrons. The lowest BCUT2D eigenvalue weighted by molar-refractivity contribution is 0.418. The maximum Gasteiger partial charge on any atom is 0.246 e. The molecule has 0 amide bonds. The van der Waals surface area contributed by atoms with Crippen LogP contribution in [0.4, 0.5) is 10.2 Å². The van der Waals surface area contributed by atoms with Crippen molar-refractivity contribution in [3.05, 3.63) is 52.5 Å². The lowest BCUT2D eigenvalue weighted by Gasteiger charge is -2.23. The number of hydrogen-bond acceptors (Lipinski definition) is 4. The third-order valence-corrected chi connectivity index (χ3v) is 3.73. The zero-order chi connectivity index (χ0) is 14.6. The average Bonchev–Trinajstić information content (AvgIpc) is 3.03. The van der Waals surface area contributed by atoms with Gasteiger partial charge in [-0.25, -0.2) is 4.39 Å². The minimum absolute atomic E-state index is 0.193. The molecule has 1 aliphatic heterocycles. The molecule has 0 saturated heterocycles. The first-order valence-corrected chi connectivity index (χ1v) is 6.47. The summed E-state index contributed by atoms with van der Waals surface area (Å²) in [7, 11) is 0. The van der Waals surface area contributed by atoms with Gasteiger partial charge >= 0.3 is 0 Å². The van der Waals surface area contributed by atoms with E-state index in [0.29, 0.717) is 17.6 Å². The van der Waals surface area contributed by atoms with Crippen molar-refractivity contribution in [2.24, 2.45) is 0 Å². The third kappa shape index (κ3) is 1.63. The molecule has 1 unspecified atom stereocenters. The van der Waals surface area contributed by atoms with Crippen LogP contribution >= 0.6 is 0 Å². The summed E-state index contributed by atoms with van der Waals surface area (Å²) in [5.74, 6) is 0.837. The number of anilines is 1. The van der Waals surface area contributed by atoms with Crippen molar-refractivity contribution in [3.8, 4) is 11.8 Å². The quantitative estimate of drug-likeness (QED) is 0.501. The van der Waals surface area contributed by atoms with Crippen LogP contribution in [-0.4, -0.2) is 20.4 Å². The molecule has 0 fully saturated rings. The predicted molar refractivity (Wildman–Crippen MR) is 73.7 cm³/mol. The van der Waals surface area contributed by atoms with E-state index in [1.54, 1.807) is 12.1 Å².